The predicted molar refractivity (Wildman–Crippen MR) is 71.7 cm³/mol. The van der Waals surface area contributed by atoms with Crippen LogP contribution in [0.15, 0.2) is 18.2 Å². The van der Waals surface area contributed by atoms with Gasteiger partial charge >= 0.3 is 6.18 Å². The average molecular weight is 313 g/mol. The Labute approximate surface area is 124 Å². The second-order valence-corrected chi connectivity index (χ2v) is 5.54. The summed E-state index contributed by atoms with van der Waals surface area (Å²) in [5.74, 6) is -1.12. The summed E-state index contributed by atoms with van der Waals surface area (Å²) in [6, 6.07) is 1.59. The molecule has 1 fully saturated rings. The van der Waals surface area contributed by atoms with Gasteiger partial charge in [0.2, 0.25) is 5.91 Å². The first-order valence-corrected chi connectivity index (χ1v) is 6.83. The van der Waals surface area contributed by atoms with Crippen LogP contribution in [0.2, 0.25) is 0 Å². The molecular weight excluding hydrogens is 299 g/mol. The third kappa shape index (κ3) is 2.38. The summed E-state index contributed by atoms with van der Waals surface area (Å²) in [4.78, 5) is 24.9. The van der Waals surface area contributed by atoms with E-state index in [0.29, 0.717) is 16.8 Å². The van der Waals surface area contributed by atoms with Crippen LogP contribution < -0.4 is 11.1 Å². The maximum Gasteiger partial charge on any atom is 0.410 e. The highest BCUT2D eigenvalue weighted by molar-refractivity contribution is 5.99. The highest BCUT2D eigenvalue weighted by Gasteiger charge is 2.51. The van der Waals surface area contributed by atoms with Gasteiger partial charge in [-0.1, -0.05) is 6.07 Å². The number of anilines is 1. The Morgan fingerprint density at radius 1 is 1.27 bits per heavy atom. The monoisotopic (exact) mass is 313 g/mol. The van der Waals surface area contributed by atoms with Crippen molar-refractivity contribution in [1.82, 2.24) is 10.2 Å². The molecule has 8 heteroatoms. The SMILES string of the molecule is Nc1ccc2c(c1)C(=O)N(C1CCC(=O)NC1C(F)(F)F)C2. The lowest BCUT2D eigenvalue weighted by Gasteiger charge is -2.38. The van der Waals surface area contributed by atoms with Crippen molar-refractivity contribution in [2.45, 2.75) is 37.6 Å². The maximum atomic E-state index is 13.2. The zero-order chi connectivity index (χ0) is 16.1. The van der Waals surface area contributed by atoms with Crippen LogP contribution in [0.3, 0.4) is 0 Å². The molecule has 2 heterocycles. The molecule has 3 rings (SSSR count). The van der Waals surface area contributed by atoms with E-state index in [1.807, 2.05) is 5.32 Å². The van der Waals surface area contributed by atoms with Crippen LogP contribution in [0.25, 0.3) is 0 Å². The molecule has 1 aromatic carbocycles. The van der Waals surface area contributed by atoms with E-state index in [2.05, 4.69) is 0 Å². The average Bonchev–Trinajstić information content (AvgIpc) is 2.75. The number of carbonyl (C=O) groups excluding carboxylic acids is 2. The Hall–Kier alpha value is -2.25. The standard InChI is InChI=1S/C14H14F3N3O2/c15-14(16,17)12-10(3-4-11(21)19-12)20-6-7-1-2-8(18)5-9(7)13(20)22/h1-2,5,10,12H,3-4,6,18H2,(H,19,21). The number of benzene rings is 1. The largest absolute Gasteiger partial charge is 0.410 e. The number of halogens is 3. The van der Waals surface area contributed by atoms with Crippen molar-refractivity contribution in [3.8, 4) is 0 Å². The second-order valence-electron chi connectivity index (χ2n) is 5.54. The van der Waals surface area contributed by atoms with Gasteiger partial charge < -0.3 is 16.0 Å². The topological polar surface area (TPSA) is 75.4 Å². The minimum atomic E-state index is -4.60. The molecule has 0 spiro atoms. The zero-order valence-electron chi connectivity index (χ0n) is 11.5. The van der Waals surface area contributed by atoms with Crippen molar-refractivity contribution >= 4 is 17.5 Å². The number of fused-ring (bicyclic) bond motifs is 1. The third-order valence-electron chi connectivity index (χ3n) is 4.09. The molecule has 1 aromatic rings. The number of amides is 2. The molecule has 2 amide bonds. The zero-order valence-corrected chi connectivity index (χ0v) is 11.5. The fraction of sp³-hybridized carbons (Fsp3) is 0.429. The van der Waals surface area contributed by atoms with Crippen LogP contribution >= 0.6 is 0 Å². The number of hydrogen-bond donors (Lipinski definition) is 2. The van der Waals surface area contributed by atoms with E-state index in [4.69, 9.17) is 5.73 Å². The van der Waals surface area contributed by atoms with Crippen molar-refractivity contribution in [3.05, 3.63) is 29.3 Å². The lowest BCUT2D eigenvalue weighted by atomic mass is 9.96. The molecule has 5 nitrogen and oxygen atoms in total. The number of rotatable bonds is 1. The summed E-state index contributed by atoms with van der Waals surface area (Å²) >= 11 is 0. The number of carbonyl (C=O) groups is 2. The van der Waals surface area contributed by atoms with Gasteiger partial charge in [0.1, 0.15) is 6.04 Å². The van der Waals surface area contributed by atoms with Crippen molar-refractivity contribution in [3.63, 3.8) is 0 Å². The van der Waals surface area contributed by atoms with Gasteiger partial charge in [-0.05, 0) is 24.1 Å². The van der Waals surface area contributed by atoms with Gasteiger partial charge in [0.05, 0.1) is 6.04 Å². The molecular formula is C14H14F3N3O2. The van der Waals surface area contributed by atoms with Gasteiger partial charge in [0, 0.05) is 24.2 Å². The molecule has 22 heavy (non-hydrogen) atoms. The summed E-state index contributed by atoms with van der Waals surface area (Å²) in [6.07, 6.45) is -4.64. The first-order valence-electron chi connectivity index (χ1n) is 6.83. The van der Waals surface area contributed by atoms with E-state index in [-0.39, 0.29) is 19.4 Å². The Morgan fingerprint density at radius 3 is 2.68 bits per heavy atom. The van der Waals surface area contributed by atoms with Crippen LogP contribution in [-0.2, 0) is 11.3 Å². The number of nitrogens with one attached hydrogen (secondary N) is 1. The van der Waals surface area contributed by atoms with Crippen molar-refractivity contribution in [1.29, 1.82) is 0 Å². The number of hydrogen-bond acceptors (Lipinski definition) is 3. The number of alkyl halides is 3. The first-order chi connectivity index (χ1) is 10.3. The summed E-state index contributed by atoms with van der Waals surface area (Å²) < 4.78 is 39.5. The molecule has 118 valence electrons. The molecule has 1 saturated heterocycles. The summed E-state index contributed by atoms with van der Waals surface area (Å²) in [7, 11) is 0. The van der Waals surface area contributed by atoms with Crippen molar-refractivity contribution in [2.75, 3.05) is 5.73 Å². The maximum absolute atomic E-state index is 13.2. The lowest BCUT2D eigenvalue weighted by molar-refractivity contribution is -0.178. The number of nitrogens with two attached hydrogens (primary N) is 1. The minimum Gasteiger partial charge on any atom is -0.399 e. The Morgan fingerprint density at radius 2 is 2.00 bits per heavy atom. The van der Waals surface area contributed by atoms with Crippen LogP contribution in [0, 0.1) is 0 Å². The van der Waals surface area contributed by atoms with Gasteiger partial charge in [-0.15, -0.1) is 0 Å². The van der Waals surface area contributed by atoms with E-state index in [1.54, 1.807) is 12.1 Å². The highest BCUT2D eigenvalue weighted by Crippen LogP contribution is 2.34. The fourth-order valence-corrected chi connectivity index (χ4v) is 3.03. The molecule has 2 unspecified atom stereocenters. The molecule has 0 saturated carbocycles. The van der Waals surface area contributed by atoms with E-state index in [0.717, 1.165) is 0 Å². The van der Waals surface area contributed by atoms with Gasteiger partial charge in [-0.3, -0.25) is 9.59 Å². The van der Waals surface area contributed by atoms with E-state index in [9.17, 15) is 22.8 Å². The summed E-state index contributed by atoms with van der Waals surface area (Å²) in [5, 5.41) is 1.96. The third-order valence-corrected chi connectivity index (χ3v) is 4.09. The van der Waals surface area contributed by atoms with E-state index < -0.39 is 30.1 Å². The smallest absolute Gasteiger partial charge is 0.399 e. The molecule has 0 radical (unpaired) electrons. The van der Waals surface area contributed by atoms with E-state index >= 15 is 0 Å². The quantitative estimate of drug-likeness (QED) is 0.770. The number of nitrogen functional groups attached to an aromatic ring is 1. The van der Waals surface area contributed by atoms with Gasteiger partial charge in [0.25, 0.3) is 5.91 Å². The molecule has 2 atom stereocenters. The molecule has 2 aliphatic heterocycles. The molecule has 3 N–H and O–H groups in total. The van der Waals surface area contributed by atoms with Crippen molar-refractivity contribution in [2.24, 2.45) is 0 Å². The second kappa shape index (κ2) is 4.89. The van der Waals surface area contributed by atoms with Crippen LogP contribution in [0.1, 0.15) is 28.8 Å². The lowest BCUT2D eigenvalue weighted by Crippen LogP contribution is -2.61. The number of nitrogens with zero attached hydrogens (tertiary/aromatic N) is 1. The Bertz CT molecular complexity index is 645. The first kappa shape index (κ1) is 14.7. The van der Waals surface area contributed by atoms with Crippen LogP contribution in [-0.4, -0.2) is 35.0 Å². The van der Waals surface area contributed by atoms with Crippen molar-refractivity contribution < 1.29 is 22.8 Å². The summed E-state index contributed by atoms with van der Waals surface area (Å²) in [5.41, 5.74) is 6.99. The fourth-order valence-electron chi connectivity index (χ4n) is 3.03. The molecule has 0 aromatic heterocycles. The number of piperidine rings is 1. The predicted octanol–water partition coefficient (Wildman–Crippen LogP) is 1.43. The summed E-state index contributed by atoms with van der Waals surface area (Å²) in [6.45, 7) is 0.0988. The van der Waals surface area contributed by atoms with E-state index in [1.165, 1.54) is 11.0 Å². The Balaban J connectivity index is 1.91. The Kier molecular flexibility index (Phi) is 3.26. The molecule has 2 aliphatic rings. The minimum absolute atomic E-state index is 0.00871. The molecule has 0 bridgehead atoms. The van der Waals surface area contributed by atoms with Crippen LogP contribution in [0.5, 0.6) is 0 Å². The normalized spacial score (nSPS) is 25.1. The highest BCUT2D eigenvalue weighted by atomic mass is 19.4. The van der Waals surface area contributed by atoms with Crippen LogP contribution in [0.4, 0.5) is 18.9 Å². The van der Waals surface area contributed by atoms with Gasteiger partial charge in [0.15, 0.2) is 0 Å². The van der Waals surface area contributed by atoms with Gasteiger partial charge in [-0.2, -0.15) is 13.2 Å². The van der Waals surface area contributed by atoms with Gasteiger partial charge in [-0.25, -0.2) is 0 Å². The molecule has 0 aliphatic carbocycles.